The van der Waals surface area contributed by atoms with E-state index in [4.69, 9.17) is 9.47 Å². The van der Waals surface area contributed by atoms with E-state index >= 15 is 0 Å². The van der Waals surface area contributed by atoms with E-state index in [2.05, 4.69) is 22.6 Å². The highest BCUT2D eigenvalue weighted by Crippen LogP contribution is 2.24. The lowest BCUT2D eigenvalue weighted by Gasteiger charge is -2.25. The Balaban J connectivity index is 1.90. The maximum Gasteiger partial charge on any atom is 0.182 e. The molecule has 0 spiro atoms. The molecule has 0 aliphatic carbocycles. The van der Waals surface area contributed by atoms with E-state index in [1.807, 2.05) is 0 Å². The molecule has 0 amide bonds. The number of rotatable bonds is 5. The molecule has 1 aromatic rings. The SMILES string of the molecule is CCc1csc(NCC2(OC)CCOC2)n1. The highest BCUT2D eigenvalue weighted by Gasteiger charge is 2.34. The van der Waals surface area contributed by atoms with Gasteiger partial charge in [0.25, 0.3) is 0 Å². The van der Waals surface area contributed by atoms with Crippen molar-refractivity contribution in [2.75, 3.05) is 32.2 Å². The molecular formula is C11H18N2O2S. The van der Waals surface area contributed by atoms with Gasteiger partial charge in [-0.25, -0.2) is 4.98 Å². The van der Waals surface area contributed by atoms with Crippen LogP contribution in [0.2, 0.25) is 0 Å². The van der Waals surface area contributed by atoms with Crippen molar-refractivity contribution in [2.24, 2.45) is 0 Å². The number of aryl methyl sites for hydroxylation is 1. The van der Waals surface area contributed by atoms with E-state index in [1.54, 1.807) is 18.4 Å². The van der Waals surface area contributed by atoms with Crippen LogP contribution in [-0.4, -0.2) is 37.5 Å². The number of ether oxygens (including phenoxy) is 2. The average Bonchev–Trinajstić information content (AvgIpc) is 2.96. The van der Waals surface area contributed by atoms with Gasteiger partial charge in [0.05, 0.1) is 12.3 Å². The van der Waals surface area contributed by atoms with Crippen molar-refractivity contribution in [1.29, 1.82) is 0 Å². The first-order chi connectivity index (χ1) is 7.78. The zero-order valence-corrected chi connectivity index (χ0v) is 10.6. The Labute approximate surface area is 100.0 Å². The Hall–Kier alpha value is -0.650. The number of anilines is 1. The van der Waals surface area contributed by atoms with Crippen molar-refractivity contribution in [3.8, 4) is 0 Å². The van der Waals surface area contributed by atoms with Gasteiger partial charge in [-0.05, 0) is 6.42 Å². The summed E-state index contributed by atoms with van der Waals surface area (Å²) in [6.07, 6.45) is 1.93. The molecule has 4 nitrogen and oxygen atoms in total. The lowest BCUT2D eigenvalue weighted by atomic mass is 10.0. The van der Waals surface area contributed by atoms with Gasteiger partial charge in [-0.1, -0.05) is 6.92 Å². The van der Waals surface area contributed by atoms with Crippen molar-refractivity contribution in [2.45, 2.75) is 25.4 Å². The lowest BCUT2D eigenvalue weighted by molar-refractivity contribution is -0.00620. The van der Waals surface area contributed by atoms with Crippen LogP contribution in [0.4, 0.5) is 5.13 Å². The molecule has 0 radical (unpaired) electrons. The van der Waals surface area contributed by atoms with Crippen LogP contribution in [0.1, 0.15) is 19.0 Å². The summed E-state index contributed by atoms with van der Waals surface area (Å²) in [5, 5.41) is 6.40. The molecule has 0 bridgehead atoms. The van der Waals surface area contributed by atoms with Crippen molar-refractivity contribution < 1.29 is 9.47 Å². The molecule has 1 aromatic heterocycles. The molecule has 16 heavy (non-hydrogen) atoms. The number of thiazole rings is 1. The topological polar surface area (TPSA) is 43.4 Å². The van der Waals surface area contributed by atoms with Gasteiger partial charge in [0.1, 0.15) is 5.60 Å². The van der Waals surface area contributed by atoms with Gasteiger partial charge in [0, 0.05) is 32.1 Å². The molecular weight excluding hydrogens is 224 g/mol. The maximum absolute atomic E-state index is 5.54. The Morgan fingerprint density at radius 2 is 2.56 bits per heavy atom. The molecule has 90 valence electrons. The third-order valence-corrected chi connectivity index (χ3v) is 3.82. The van der Waals surface area contributed by atoms with Gasteiger partial charge in [-0.2, -0.15) is 0 Å². The number of methoxy groups -OCH3 is 1. The number of nitrogens with one attached hydrogen (secondary N) is 1. The highest BCUT2D eigenvalue weighted by atomic mass is 32.1. The van der Waals surface area contributed by atoms with Crippen LogP contribution in [0.5, 0.6) is 0 Å². The third kappa shape index (κ3) is 2.53. The van der Waals surface area contributed by atoms with Gasteiger partial charge in [0.2, 0.25) is 0 Å². The van der Waals surface area contributed by atoms with Crippen LogP contribution in [0.25, 0.3) is 0 Å². The summed E-state index contributed by atoms with van der Waals surface area (Å²) in [5.41, 5.74) is 0.972. The van der Waals surface area contributed by atoms with Crippen LogP contribution in [-0.2, 0) is 15.9 Å². The number of hydrogen-bond acceptors (Lipinski definition) is 5. The molecule has 1 fully saturated rings. The van der Waals surface area contributed by atoms with Crippen molar-refractivity contribution in [3.63, 3.8) is 0 Å². The van der Waals surface area contributed by atoms with Crippen LogP contribution in [0.15, 0.2) is 5.38 Å². The maximum atomic E-state index is 5.54. The van der Waals surface area contributed by atoms with Crippen molar-refractivity contribution in [1.82, 2.24) is 4.98 Å². The van der Waals surface area contributed by atoms with Crippen molar-refractivity contribution in [3.05, 3.63) is 11.1 Å². The van der Waals surface area contributed by atoms with E-state index in [0.717, 1.165) is 36.8 Å². The minimum absolute atomic E-state index is 0.169. The van der Waals surface area contributed by atoms with Crippen LogP contribution in [0.3, 0.4) is 0 Å². The zero-order chi connectivity index (χ0) is 11.4. The fraction of sp³-hybridized carbons (Fsp3) is 0.727. The molecule has 1 saturated heterocycles. The molecule has 1 unspecified atom stereocenters. The van der Waals surface area contributed by atoms with Gasteiger partial charge in [-0.3, -0.25) is 0 Å². The lowest BCUT2D eigenvalue weighted by Crippen LogP contribution is -2.39. The summed E-state index contributed by atoms with van der Waals surface area (Å²) in [5.74, 6) is 0. The van der Waals surface area contributed by atoms with E-state index in [9.17, 15) is 0 Å². The Bertz CT molecular complexity index is 334. The molecule has 1 aliphatic heterocycles. The van der Waals surface area contributed by atoms with Crippen molar-refractivity contribution >= 4 is 16.5 Å². The summed E-state index contributed by atoms with van der Waals surface area (Å²) in [4.78, 5) is 4.47. The number of aromatic nitrogens is 1. The van der Waals surface area contributed by atoms with Gasteiger partial charge in [0.15, 0.2) is 5.13 Å². The van der Waals surface area contributed by atoms with E-state index in [0.29, 0.717) is 6.61 Å². The minimum Gasteiger partial charge on any atom is -0.378 e. The first-order valence-electron chi connectivity index (χ1n) is 5.59. The molecule has 2 rings (SSSR count). The van der Waals surface area contributed by atoms with Gasteiger partial charge >= 0.3 is 0 Å². The fourth-order valence-electron chi connectivity index (χ4n) is 1.75. The Morgan fingerprint density at radius 1 is 1.69 bits per heavy atom. The van der Waals surface area contributed by atoms with E-state index < -0.39 is 0 Å². The highest BCUT2D eigenvalue weighted by molar-refractivity contribution is 7.13. The third-order valence-electron chi connectivity index (χ3n) is 2.98. The summed E-state index contributed by atoms with van der Waals surface area (Å²) in [6.45, 7) is 4.33. The van der Waals surface area contributed by atoms with Gasteiger partial charge in [-0.15, -0.1) is 11.3 Å². The second-order valence-corrected chi connectivity index (χ2v) is 4.90. The summed E-state index contributed by atoms with van der Waals surface area (Å²) in [7, 11) is 1.75. The largest absolute Gasteiger partial charge is 0.378 e. The van der Waals surface area contributed by atoms with Crippen LogP contribution in [0, 0.1) is 0 Å². The molecule has 1 N–H and O–H groups in total. The smallest absolute Gasteiger partial charge is 0.182 e. The van der Waals surface area contributed by atoms with E-state index in [1.165, 1.54) is 0 Å². The predicted octanol–water partition coefficient (Wildman–Crippen LogP) is 1.92. The predicted molar refractivity (Wildman–Crippen MR) is 65.2 cm³/mol. The molecule has 1 aliphatic rings. The van der Waals surface area contributed by atoms with E-state index in [-0.39, 0.29) is 5.60 Å². The molecule has 5 heteroatoms. The summed E-state index contributed by atoms with van der Waals surface area (Å²) in [6, 6.07) is 0. The van der Waals surface area contributed by atoms with Crippen LogP contribution >= 0.6 is 11.3 Å². The van der Waals surface area contributed by atoms with Crippen LogP contribution < -0.4 is 5.32 Å². The van der Waals surface area contributed by atoms with Gasteiger partial charge < -0.3 is 14.8 Å². The second kappa shape index (κ2) is 5.12. The standard InChI is InChI=1S/C11H18N2O2S/c1-3-9-6-16-10(13-9)12-7-11(14-2)4-5-15-8-11/h6H,3-5,7-8H2,1-2H3,(H,12,13). The Kier molecular flexibility index (Phi) is 3.78. The first-order valence-corrected chi connectivity index (χ1v) is 6.47. The summed E-state index contributed by atoms with van der Waals surface area (Å²) >= 11 is 1.65. The number of hydrogen-bond donors (Lipinski definition) is 1. The average molecular weight is 242 g/mol. The monoisotopic (exact) mass is 242 g/mol. The Morgan fingerprint density at radius 3 is 3.12 bits per heavy atom. The molecule has 2 heterocycles. The molecule has 0 saturated carbocycles. The minimum atomic E-state index is -0.169. The normalized spacial score (nSPS) is 24.9. The first kappa shape index (κ1) is 11.8. The summed E-state index contributed by atoms with van der Waals surface area (Å²) < 4.78 is 10.9. The zero-order valence-electron chi connectivity index (χ0n) is 9.78. The number of nitrogens with zero attached hydrogens (tertiary/aromatic N) is 1. The second-order valence-electron chi connectivity index (χ2n) is 4.04. The molecule has 0 aromatic carbocycles. The fourth-order valence-corrected chi connectivity index (χ4v) is 2.54. The molecule has 1 atom stereocenters. The quantitative estimate of drug-likeness (QED) is 0.856.